The molecule has 0 atom stereocenters. The van der Waals surface area contributed by atoms with Gasteiger partial charge in [-0.2, -0.15) is 0 Å². The highest BCUT2D eigenvalue weighted by molar-refractivity contribution is 5.88. The lowest BCUT2D eigenvalue weighted by atomic mass is 9.93. The lowest BCUT2D eigenvalue weighted by Gasteiger charge is -2.28. The fourth-order valence-corrected chi connectivity index (χ4v) is 2.33. The highest BCUT2D eigenvalue weighted by Crippen LogP contribution is 2.22. The van der Waals surface area contributed by atoms with E-state index in [1.165, 1.54) is 0 Å². The quantitative estimate of drug-likeness (QED) is 0.856. The first-order valence-corrected chi connectivity index (χ1v) is 7.02. The van der Waals surface area contributed by atoms with Crippen LogP contribution in [0.3, 0.4) is 0 Å². The van der Waals surface area contributed by atoms with Crippen LogP contribution in [0.2, 0.25) is 0 Å². The Morgan fingerprint density at radius 1 is 1.25 bits per heavy atom. The van der Waals surface area contributed by atoms with E-state index in [1.807, 2.05) is 13.8 Å². The average molecular weight is 275 g/mol. The van der Waals surface area contributed by atoms with Crippen molar-refractivity contribution in [2.24, 2.45) is 0 Å². The lowest BCUT2D eigenvalue weighted by Crippen LogP contribution is -2.39. The first-order valence-electron chi connectivity index (χ1n) is 7.02. The Labute approximate surface area is 119 Å². The topological polar surface area (TPSA) is 64.1 Å². The average Bonchev–Trinajstić information content (AvgIpc) is 2.41. The number of nitrogens with one attached hydrogen (secondary N) is 1. The molecule has 5 heteroatoms. The monoisotopic (exact) mass is 275 g/mol. The fraction of sp³-hybridized carbons (Fsp3) is 0.533. The molecule has 0 bridgehead atoms. The molecule has 5 nitrogen and oxygen atoms in total. The van der Waals surface area contributed by atoms with Gasteiger partial charge >= 0.3 is 6.01 Å². The Morgan fingerprint density at radius 2 is 1.90 bits per heavy atom. The lowest BCUT2D eigenvalue weighted by molar-refractivity contribution is -0.117. The van der Waals surface area contributed by atoms with Crippen molar-refractivity contribution in [3.63, 3.8) is 0 Å². The number of carbonyl (C=O) groups excluding carboxylic acids is 1. The smallest absolute Gasteiger partial charge is 0.316 e. The zero-order chi connectivity index (χ0) is 14.4. The van der Waals surface area contributed by atoms with Gasteiger partial charge in [0, 0.05) is 24.5 Å². The summed E-state index contributed by atoms with van der Waals surface area (Å²) in [6.07, 6.45) is 8.83. The van der Waals surface area contributed by atoms with Crippen LogP contribution in [0, 0.1) is 0 Å². The minimum Gasteiger partial charge on any atom is -0.460 e. The highest BCUT2D eigenvalue weighted by atomic mass is 16.5. The Morgan fingerprint density at radius 3 is 2.50 bits per heavy atom. The first-order chi connectivity index (χ1) is 9.63. The Bertz CT molecular complexity index is 461. The van der Waals surface area contributed by atoms with Crippen molar-refractivity contribution in [3.05, 3.63) is 30.1 Å². The number of carbonyl (C=O) groups is 1. The second-order valence-electron chi connectivity index (χ2n) is 5.35. The summed E-state index contributed by atoms with van der Waals surface area (Å²) in [7, 11) is 0. The van der Waals surface area contributed by atoms with Gasteiger partial charge in [-0.1, -0.05) is 5.57 Å². The number of amides is 1. The van der Waals surface area contributed by atoms with Crippen LogP contribution < -0.4 is 10.1 Å². The summed E-state index contributed by atoms with van der Waals surface area (Å²) in [6.45, 7) is 3.84. The van der Waals surface area contributed by atoms with Crippen molar-refractivity contribution in [2.45, 2.75) is 51.7 Å². The number of hydrogen-bond acceptors (Lipinski definition) is 4. The summed E-state index contributed by atoms with van der Waals surface area (Å²) < 4.78 is 5.73. The molecular weight excluding hydrogens is 254 g/mol. The zero-order valence-corrected chi connectivity index (χ0v) is 12.0. The predicted molar refractivity (Wildman–Crippen MR) is 76.3 cm³/mol. The van der Waals surface area contributed by atoms with E-state index in [1.54, 1.807) is 24.5 Å². The van der Waals surface area contributed by atoms with E-state index in [9.17, 15) is 4.79 Å². The number of ether oxygens (including phenoxy) is 1. The third kappa shape index (κ3) is 4.64. The second kappa shape index (κ2) is 7.03. The molecule has 0 spiro atoms. The van der Waals surface area contributed by atoms with Gasteiger partial charge in [-0.15, -0.1) is 0 Å². The molecule has 0 unspecified atom stereocenters. The summed E-state index contributed by atoms with van der Waals surface area (Å²) in [5, 5.41) is 3.03. The van der Waals surface area contributed by atoms with Gasteiger partial charge in [-0.05, 0) is 45.6 Å². The SMILES string of the molecule is CC(C)=CC(=O)NC1CCC(Oc2ncccn2)CC1. The molecule has 0 saturated heterocycles. The molecule has 1 aromatic heterocycles. The molecule has 1 aliphatic rings. The molecule has 1 amide bonds. The van der Waals surface area contributed by atoms with Gasteiger partial charge in [0.25, 0.3) is 0 Å². The predicted octanol–water partition coefficient (Wildman–Crippen LogP) is 2.25. The van der Waals surface area contributed by atoms with Gasteiger partial charge in [0.15, 0.2) is 0 Å². The summed E-state index contributed by atoms with van der Waals surface area (Å²) >= 11 is 0. The molecule has 0 aliphatic heterocycles. The second-order valence-corrected chi connectivity index (χ2v) is 5.35. The number of nitrogens with zero attached hydrogens (tertiary/aromatic N) is 2. The van der Waals surface area contributed by atoms with E-state index in [4.69, 9.17) is 4.74 Å². The first kappa shape index (κ1) is 14.5. The van der Waals surface area contributed by atoms with Crippen LogP contribution in [-0.4, -0.2) is 28.0 Å². The fourth-order valence-electron chi connectivity index (χ4n) is 2.33. The third-order valence-electron chi connectivity index (χ3n) is 3.25. The standard InChI is InChI=1S/C15H21N3O2/c1-11(2)10-14(19)18-12-4-6-13(7-5-12)20-15-16-8-3-9-17-15/h3,8-10,12-13H,4-7H2,1-2H3,(H,18,19). The molecular formula is C15H21N3O2. The van der Waals surface area contributed by atoms with Crippen molar-refractivity contribution in [3.8, 4) is 6.01 Å². The van der Waals surface area contributed by atoms with Crippen LogP contribution in [0.15, 0.2) is 30.1 Å². The summed E-state index contributed by atoms with van der Waals surface area (Å²) in [4.78, 5) is 19.8. The van der Waals surface area contributed by atoms with Gasteiger partial charge in [0.05, 0.1) is 0 Å². The van der Waals surface area contributed by atoms with Gasteiger partial charge in [-0.25, -0.2) is 9.97 Å². The van der Waals surface area contributed by atoms with Gasteiger partial charge in [0.1, 0.15) is 6.10 Å². The normalized spacial score (nSPS) is 21.9. The molecule has 1 saturated carbocycles. The summed E-state index contributed by atoms with van der Waals surface area (Å²) in [5.74, 6) is 0.000705. The van der Waals surface area contributed by atoms with Gasteiger partial charge < -0.3 is 10.1 Å². The number of allylic oxidation sites excluding steroid dienone is 1. The minimum absolute atomic E-state index is 0.000705. The maximum atomic E-state index is 11.7. The maximum absolute atomic E-state index is 11.7. The van der Waals surface area contributed by atoms with Crippen molar-refractivity contribution in [1.82, 2.24) is 15.3 Å². The van der Waals surface area contributed by atoms with E-state index in [0.717, 1.165) is 31.3 Å². The Hall–Kier alpha value is -1.91. The Kier molecular flexibility index (Phi) is 5.09. The van der Waals surface area contributed by atoms with Crippen molar-refractivity contribution >= 4 is 5.91 Å². The Balaban J connectivity index is 1.75. The van der Waals surface area contributed by atoms with Crippen LogP contribution >= 0.6 is 0 Å². The van der Waals surface area contributed by atoms with Gasteiger partial charge in [-0.3, -0.25) is 4.79 Å². The van der Waals surface area contributed by atoms with Crippen molar-refractivity contribution in [2.75, 3.05) is 0 Å². The van der Waals surface area contributed by atoms with Gasteiger partial charge in [0.2, 0.25) is 5.91 Å². The van der Waals surface area contributed by atoms with Crippen LogP contribution in [0.1, 0.15) is 39.5 Å². The third-order valence-corrected chi connectivity index (χ3v) is 3.25. The number of hydrogen-bond donors (Lipinski definition) is 1. The molecule has 1 fully saturated rings. The van der Waals surface area contributed by atoms with E-state index in [-0.39, 0.29) is 18.1 Å². The molecule has 1 aromatic rings. The maximum Gasteiger partial charge on any atom is 0.316 e. The molecule has 1 heterocycles. The summed E-state index contributed by atoms with van der Waals surface area (Å²) in [5.41, 5.74) is 1.01. The molecule has 108 valence electrons. The molecule has 1 N–H and O–H groups in total. The van der Waals surface area contributed by atoms with Crippen LogP contribution in [0.5, 0.6) is 6.01 Å². The summed E-state index contributed by atoms with van der Waals surface area (Å²) in [6, 6.07) is 2.45. The number of aromatic nitrogens is 2. The van der Waals surface area contributed by atoms with E-state index in [0.29, 0.717) is 6.01 Å². The van der Waals surface area contributed by atoms with E-state index < -0.39 is 0 Å². The molecule has 2 rings (SSSR count). The molecule has 1 aliphatic carbocycles. The van der Waals surface area contributed by atoms with E-state index >= 15 is 0 Å². The minimum atomic E-state index is 0.000705. The van der Waals surface area contributed by atoms with Crippen LogP contribution in [0.4, 0.5) is 0 Å². The molecule has 20 heavy (non-hydrogen) atoms. The molecule has 0 radical (unpaired) electrons. The molecule has 0 aromatic carbocycles. The van der Waals surface area contributed by atoms with Crippen LogP contribution in [-0.2, 0) is 4.79 Å². The van der Waals surface area contributed by atoms with Crippen molar-refractivity contribution < 1.29 is 9.53 Å². The largest absolute Gasteiger partial charge is 0.460 e. The van der Waals surface area contributed by atoms with Crippen molar-refractivity contribution in [1.29, 1.82) is 0 Å². The van der Waals surface area contributed by atoms with E-state index in [2.05, 4.69) is 15.3 Å². The zero-order valence-electron chi connectivity index (χ0n) is 12.0. The number of rotatable bonds is 4. The highest BCUT2D eigenvalue weighted by Gasteiger charge is 2.23. The van der Waals surface area contributed by atoms with Crippen LogP contribution in [0.25, 0.3) is 0 Å².